The number of likely N-dealkylation sites (tertiary alicyclic amines) is 1. The van der Waals surface area contributed by atoms with Gasteiger partial charge in [0.1, 0.15) is 0 Å². The molecule has 2 aromatic rings. The Morgan fingerprint density at radius 3 is 2.40 bits per heavy atom. The summed E-state index contributed by atoms with van der Waals surface area (Å²) in [6, 6.07) is 13.6. The number of pyridine rings is 1. The maximum absolute atomic E-state index is 13.5. The number of amides is 2. The second-order valence-corrected chi connectivity index (χ2v) is 9.98. The van der Waals surface area contributed by atoms with E-state index in [4.69, 9.17) is 11.6 Å². The minimum absolute atomic E-state index is 0.0558. The van der Waals surface area contributed by atoms with Crippen LogP contribution < -0.4 is 4.90 Å². The van der Waals surface area contributed by atoms with Crippen molar-refractivity contribution in [1.29, 1.82) is 0 Å². The van der Waals surface area contributed by atoms with Crippen LogP contribution in [0.1, 0.15) is 31.9 Å². The van der Waals surface area contributed by atoms with Crippen LogP contribution in [0, 0.1) is 5.92 Å². The van der Waals surface area contributed by atoms with Crippen molar-refractivity contribution in [2.24, 2.45) is 5.92 Å². The van der Waals surface area contributed by atoms with Crippen molar-refractivity contribution in [2.45, 2.75) is 32.7 Å². The molecule has 2 aliphatic heterocycles. The first-order chi connectivity index (χ1) is 17.0. The van der Waals surface area contributed by atoms with Gasteiger partial charge in [-0.25, -0.2) is 0 Å². The number of benzene rings is 1. The molecule has 1 aromatic carbocycles. The van der Waals surface area contributed by atoms with Crippen LogP contribution in [0.15, 0.2) is 48.7 Å². The van der Waals surface area contributed by atoms with Crippen LogP contribution >= 0.6 is 11.6 Å². The SMILES string of the molecule is CC(=O)N1CCC(C(=O)N(CCCN2CCN(Cc3ccccn3)CC2)c2cccc(Cl)c2)CC1. The van der Waals surface area contributed by atoms with Gasteiger partial charge in [-0.1, -0.05) is 23.7 Å². The molecular formula is C27H36ClN5O2. The second-order valence-electron chi connectivity index (χ2n) is 9.54. The van der Waals surface area contributed by atoms with Gasteiger partial charge in [0.15, 0.2) is 0 Å². The van der Waals surface area contributed by atoms with Crippen molar-refractivity contribution < 1.29 is 9.59 Å². The first kappa shape index (κ1) is 25.6. The van der Waals surface area contributed by atoms with Crippen LogP contribution in [0.4, 0.5) is 5.69 Å². The summed E-state index contributed by atoms with van der Waals surface area (Å²) in [5.74, 6) is 0.179. The number of rotatable bonds is 8. The molecule has 0 unspecified atom stereocenters. The summed E-state index contributed by atoms with van der Waals surface area (Å²) in [6.45, 7) is 9.54. The normalized spacial score (nSPS) is 17.9. The Kier molecular flexibility index (Phi) is 9.12. The molecule has 2 aliphatic rings. The third-order valence-corrected chi connectivity index (χ3v) is 7.34. The van der Waals surface area contributed by atoms with Crippen molar-refractivity contribution in [2.75, 3.05) is 57.3 Å². The Hall–Kier alpha value is -2.48. The Morgan fingerprint density at radius 1 is 1.00 bits per heavy atom. The molecule has 0 N–H and O–H groups in total. The average molecular weight is 498 g/mol. The first-order valence-corrected chi connectivity index (χ1v) is 13.0. The quantitative estimate of drug-likeness (QED) is 0.558. The third-order valence-electron chi connectivity index (χ3n) is 7.11. The van der Waals surface area contributed by atoms with Crippen molar-refractivity contribution in [3.05, 3.63) is 59.4 Å². The lowest BCUT2D eigenvalue weighted by atomic mass is 9.94. The maximum atomic E-state index is 13.5. The topological polar surface area (TPSA) is 60.0 Å². The molecule has 1 aromatic heterocycles. The number of nitrogens with zero attached hydrogens (tertiary/aromatic N) is 5. The van der Waals surface area contributed by atoms with Gasteiger partial charge in [0.05, 0.1) is 5.69 Å². The Labute approximate surface area is 213 Å². The van der Waals surface area contributed by atoms with Crippen LogP contribution in [0.2, 0.25) is 5.02 Å². The largest absolute Gasteiger partial charge is 0.343 e. The molecule has 0 aliphatic carbocycles. The molecule has 2 fully saturated rings. The molecule has 0 bridgehead atoms. The third kappa shape index (κ3) is 7.26. The van der Waals surface area contributed by atoms with E-state index in [1.807, 2.05) is 52.4 Å². The molecule has 8 heteroatoms. The van der Waals surface area contributed by atoms with Crippen molar-refractivity contribution >= 4 is 29.1 Å². The van der Waals surface area contributed by atoms with Crippen LogP contribution in [0.5, 0.6) is 0 Å². The van der Waals surface area contributed by atoms with Crippen LogP contribution in [0.3, 0.4) is 0 Å². The summed E-state index contributed by atoms with van der Waals surface area (Å²) < 4.78 is 0. The van der Waals surface area contributed by atoms with Gasteiger partial charge in [-0.05, 0) is 56.1 Å². The molecule has 2 amide bonds. The number of aromatic nitrogens is 1. The fraction of sp³-hybridized carbons (Fsp3) is 0.519. The lowest BCUT2D eigenvalue weighted by Gasteiger charge is -2.36. The van der Waals surface area contributed by atoms with E-state index in [1.54, 1.807) is 6.92 Å². The summed E-state index contributed by atoms with van der Waals surface area (Å²) >= 11 is 6.26. The zero-order valence-corrected chi connectivity index (χ0v) is 21.4. The molecule has 0 saturated carbocycles. The molecule has 0 spiro atoms. The van der Waals surface area contributed by atoms with E-state index in [1.165, 1.54) is 0 Å². The number of carbonyl (C=O) groups is 2. The zero-order chi connectivity index (χ0) is 24.6. The van der Waals surface area contributed by atoms with Gasteiger partial charge in [-0.15, -0.1) is 0 Å². The van der Waals surface area contributed by atoms with Crippen LogP contribution in [0.25, 0.3) is 0 Å². The van der Waals surface area contributed by atoms with Crippen LogP contribution in [-0.2, 0) is 16.1 Å². The van der Waals surface area contributed by atoms with Gasteiger partial charge in [0.2, 0.25) is 11.8 Å². The molecule has 35 heavy (non-hydrogen) atoms. The highest BCUT2D eigenvalue weighted by Crippen LogP contribution is 2.26. The van der Waals surface area contributed by atoms with Gasteiger partial charge in [-0.3, -0.25) is 19.5 Å². The molecular weight excluding hydrogens is 462 g/mol. The van der Waals surface area contributed by atoms with Gasteiger partial charge in [0, 0.05) is 82.1 Å². The Balaban J connectivity index is 1.29. The van der Waals surface area contributed by atoms with E-state index in [0.717, 1.165) is 57.1 Å². The highest BCUT2D eigenvalue weighted by atomic mass is 35.5. The van der Waals surface area contributed by atoms with Gasteiger partial charge >= 0.3 is 0 Å². The number of piperidine rings is 1. The van der Waals surface area contributed by atoms with E-state index >= 15 is 0 Å². The van der Waals surface area contributed by atoms with Crippen molar-refractivity contribution in [1.82, 2.24) is 19.7 Å². The molecule has 0 atom stereocenters. The summed E-state index contributed by atoms with van der Waals surface area (Å²) in [5.41, 5.74) is 1.97. The highest BCUT2D eigenvalue weighted by Gasteiger charge is 2.30. The van der Waals surface area contributed by atoms with Crippen molar-refractivity contribution in [3.8, 4) is 0 Å². The lowest BCUT2D eigenvalue weighted by molar-refractivity contribution is -0.133. The monoisotopic (exact) mass is 497 g/mol. The fourth-order valence-corrected chi connectivity index (χ4v) is 5.20. The van der Waals surface area contributed by atoms with Gasteiger partial charge < -0.3 is 14.7 Å². The molecule has 7 nitrogen and oxygen atoms in total. The van der Waals surface area contributed by atoms with E-state index in [2.05, 4.69) is 20.9 Å². The predicted molar refractivity (Wildman–Crippen MR) is 139 cm³/mol. The lowest BCUT2D eigenvalue weighted by Crippen LogP contribution is -2.47. The number of hydrogen-bond acceptors (Lipinski definition) is 5. The maximum Gasteiger partial charge on any atom is 0.230 e. The van der Waals surface area contributed by atoms with E-state index in [0.29, 0.717) is 37.5 Å². The van der Waals surface area contributed by atoms with Crippen molar-refractivity contribution in [3.63, 3.8) is 0 Å². The fourth-order valence-electron chi connectivity index (χ4n) is 5.02. The van der Waals surface area contributed by atoms with Gasteiger partial charge in [0.25, 0.3) is 0 Å². The molecule has 188 valence electrons. The Morgan fingerprint density at radius 2 is 1.74 bits per heavy atom. The minimum Gasteiger partial charge on any atom is -0.343 e. The van der Waals surface area contributed by atoms with Crippen LogP contribution in [-0.4, -0.2) is 83.9 Å². The smallest absolute Gasteiger partial charge is 0.230 e. The number of piperazine rings is 1. The average Bonchev–Trinajstić information content (AvgIpc) is 2.88. The van der Waals surface area contributed by atoms with E-state index in [9.17, 15) is 9.59 Å². The molecule has 4 rings (SSSR count). The molecule has 3 heterocycles. The summed E-state index contributed by atoms with van der Waals surface area (Å²) in [7, 11) is 0. The second kappa shape index (κ2) is 12.5. The van der Waals surface area contributed by atoms with E-state index < -0.39 is 0 Å². The molecule has 0 radical (unpaired) electrons. The number of halogens is 1. The highest BCUT2D eigenvalue weighted by molar-refractivity contribution is 6.30. The summed E-state index contributed by atoms with van der Waals surface area (Å²) in [6.07, 6.45) is 4.19. The number of carbonyl (C=O) groups excluding carboxylic acids is 2. The minimum atomic E-state index is -0.0558. The summed E-state index contributed by atoms with van der Waals surface area (Å²) in [4.78, 5) is 38.3. The number of anilines is 1. The van der Waals surface area contributed by atoms with E-state index in [-0.39, 0.29) is 17.7 Å². The summed E-state index contributed by atoms with van der Waals surface area (Å²) in [5, 5.41) is 0.635. The standard InChI is InChI=1S/C27H36ClN5O2/c1-22(34)32-14-9-23(10-15-32)27(35)33(26-8-4-6-24(28)20-26)13-5-12-30-16-18-31(19-17-30)21-25-7-2-3-11-29-25/h2-4,6-8,11,20,23H,5,9-10,12-19,21H2,1H3. The predicted octanol–water partition coefficient (Wildman–Crippen LogP) is 3.53. The number of hydrogen-bond donors (Lipinski definition) is 0. The Bertz CT molecular complexity index is 973. The van der Waals surface area contributed by atoms with Gasteiger partial charge in [-0.2, -0.15) is 0 Å². The zero-order valence-electron chi connectivity index (χ0n) is 20.6. The molecule has 2 saturated heterocycles. The first-order valence-electron chi connectivity index (χ1n) is 12.7.